The molecule has 2 heteroatoms. The van der Waals surface area contributed by atoms with Gasteiger partial charge in [0, 0.05) is 11.4 Å². The Kier molecular flexibility index (Phi) is 2.03. The lowest BCUT2D eigenvalue weighted by molar-refractivity contribution is 0.741. The van der Waals surface area contributed by atoms with Crippen molar-refractivity contribution in [3.63, 3.8) is 0 Å². The highest BCUT2D eigenvalue weighted by Gasteiger charge is 2.25. The average molecular weight is 186 g/mol. The number of fused-ring (bicyclic) bond motifs is 1. The molecular formula is C12H14N2. The van der Waals surface area contributed by atoms with Crippen LogP contribution in [-0.4, -0.2) is 4.98 Å². The summed E-state index contributed by atoms with van der Waals surface area (Å²) in [4.78, 5) is 8.06. The SMILES string of the molecule is [C-]#[N+]c1c(C)nc(C)c2c1CCC2C. The smallest absolute Gasteiger partial charge is 0.211 e. The third kappa shape index (κ3) is 1.13. The molecule has 0 radical (unpaired) electrons. The van der Waals surface area contributed by atoms with Gasteiger partial charge in [-0.1, -0.05) is 6.92 Å². The highest BCUT2D eigenvalue weighted by Crippen LogP contribution is 2.40. The third-order valence-corrected chi connectivity index (χ3v) is 3.11. The van der Waals surface area contributed by atoms with Crippen LogP contribution < -0.4 is 0 Å². The first-order chi connectivity index (χ1) is 6.65. The third-order valence-electron chi connectivity index (χ3n) is 3.11. The Labute approximate surface area is 84.8 Å². The van der Waals surface area contributed by atoms with E-state index in [1.165, 1.54) is 17.5 Å². The van der Waals surface area contributed by atoms with Gasteiger partial charge in [-0.15, -0.1) is 0 Å². The molecular weight excluding hydrogens is 172 g/mol. The molecule has 0 saturated heterocycles. The van der Waals surface area contributed by atoms with E-state index in [1.807, 2.05) is 6.92 Å². The first-order valence-electron chi connectivity index (χ1n) is 5.02. The van der Waals surface area contributed by atoms with Gasteiger partial charge in [-0.3, -0.25) is 4.98 Å². The minimum atomic E-state index is 0.582. The lowest BCUT2D eigenvalue weighted by Crippen LogP contribution is -1.97. The zero-order valence-corrected chi connectivity index (χ0v) is 8.89. The van der Waals surface area contributed by atoms with Gasteiger partial charge in [-0.2, -0.15) is 0 Å². The molecule has 1 aliphatic carbocycles. The van der Waals surface area contributed by atoms with Crippen molar-refractivity contribution in [2.75, 3.05) is 0 Å². The number of rotatable bonds is 0. The van der Waals surface area contributed by atoms with Crippen molar-refractivity contribution >= 4 is 5.69 Å². The summed E-state index contributed by atoms with van der Waals surface area (Å²) < 4.78 is 0. The molecule has 72 valence electrons. The molecule has 1 aliphatic rings. The predicted molar refractivity (Wildman–Crippen MR) is 56.7 cm³/mol. The quantitative estimate of drug-likeness (QED) is 0.568. The van der Waals surface area contributed by atoms with E-state index in [0.717, 1.165) is 23.5 Å². The maximum absolute atomic E-state index is 7.17. The van der Waals surface area contributed by atoms with E-state index in [-0.39, 0.29) is 0 Å². The normalized spacial score (nSPS) is 19.1. The second kappa shape index (κ2) is 3.09. The summed E-state index contributed by atoms with van der Waals surface area (Å²) in [6.45, 7) is 13.4. The number of aromatic nitrogens is 1. The van der Waals surface area contributed by atoms with Crippen molar-refractivity contribution in [1.29, 1.82) is 0 Å². The van der Waals surface area contributed by atoms with E-state index in [1.54, 1.807) is 0 Å². The first kappa shape index (κ1) is 9.21. The molecule has 0 bridgehead atoms. The Balaban J connectivity index is 2.74. The average Bonchev–Trinajstić information content (AvgIpc) is 2.49. The van der Waals surface area contributed by atoms with E-state index in [2.05, 4.69) is 23.7 Å². The van der Waals surface area contributed by atoms with Crippen molar-refractivity contribution in [2.24, 2.45) is 0 Å². The molecule has 1 aromatic rings. The number of hydrogen-bond donors (Lipinski definition) is 0. The summed E-state index contributed by atoms with van der Waals surface area (Å²) in [6.07, 6.45) is 2.22. The second-order valence-corrected chi connectivity index (χ2v) is 4.07. The lowest BCUT2D eigenvalue weighted by Gasteiger charge is -2.11. The second-order valence-electron chi connectivity index (χ2n) is 4.07. The molecule has 0 fully saturated rings. The van der Waals surface area contributed by atoms with Crippen molar-refractivity contribution in [2.45, 2.75) is 39.5 Å². The van der Waals surface area contributed by atoms with Crippen molar-refractivity contribution < 1.29 is 0 Å². The minimum Gasteiger partial charge on any atom is -0.270 e. The highest BCUT2D eigenvalue weighted by atomic mass is 14.8. The monoisotopic (exact) mass is 186 g/mol. The largest absolute Gasteiger partial charge is 0.270 e. The van der Waals surface area contributed by atoms with Crippen molar-refractivity contribution in [1.82, 2.24) is 4.98 Å². The lowest BCUT2D eigenvalue weighted by atomic mass is 10.0. The molecule has 0 spiro atoms. The van der Waals surface area contributed by atoms with Crippen LogP contribution >= 0.6 is 0 Å². The molecule has 0 aromatic carbocycles. The topological polar surface area (TPSA) is 17.2 Å². The van der Waals surface area contributed by atoms with E-state index in [0.29, 0.717) is 5.92 Å². The van der Waals surface area contributed by atoms with Crippen LogP contribution in [0.1, 0.15) is 41.8 Å². The Morgan fingerprint density at radius 2 is 2.07 bits per heavy atom. The molecule has 14 heavy (non-hydrogen) atoms. The molecule has 0 aliphatic heterocycles. The fourth-order valence-corrected chi connectivity index (χ4v) is 2.49. The first-order valence-corrected chi connectivity index (χ1v) is 5.02. The Morgan fingerprint density at radius 1 is 1.36 bits per heavy atom. The Bertz CT molecular complexity index is 427. The van der Waals surface area contributed by atoms with Gasteiger partial charge in [0.2, 0.25) is 5.69 Å². The summed E-state index contributed by atoms with van der Waals surface area (Å²) in [5.41, 5.74) is 5.41. The van der Waals surface area contributed by atoms with E-state index in [4.69, 9.17) is 6.57 Å². The molecule has 2 nitrogen and oxygen atoms in total. The van der Waals surface area contributed by atoms with Gasteiger partial charge in [0.15, 0.2) is 0 Å². The van der Waals surface area contributed by atoms with Crippen LogP contribution in [0.5, 0.6) is 0 Å². The van der Waals surface area contributed by atoms with Crippen LogP contribution in [0.3, 0.4) is 0 Å². The number of nitrogens with zero attached hydrogens (tertiary/aromatic N) is 2. The molecule has 0 amide bonds. The van der Waals surface area contributed by atoms with Crippen LogP contribution in [0.25, 0.3) is 4.85 Å². The summed E-state index contributed by atoms with van der Waals surface area (Å²) in [5.74, 6) is 0.582. The van der Waals surface area contributed by atoms with Crippen LogP contribution in [-0.2, 0) is 6.42 Å². The zero-order chi connectivity index (χ0) is 10.3. The van der Waals surface area contributed by atoms with Gasteiger partial charge in [-0.25, -0.2) is 4.85 Å². The molecule has 1 atom stereocenters. The van der Waals surface area contributed by atoms with Gasteiger partial charge in [0.25, 0.3) is 0 Å². The molecule has 1 unspecified atom stereocenters. The predicted octanol–water partition coefficient (Wildman–Crippen LogP) is 3.30. The summed E-state index contributed by atoms with van der Waals surface area (Å²) in [7, 11) is 0. The summed E-state index contributed by atoms with van der Waals surface area (Å²) >= 11 is 0. The number of pyridine rings is 1. The molecule has 0 saturated carbocycles. The van der Waals surface area contributed by atoms with E-state index >= 15 is 0 Å². The number of hydrogen-bond acceptors (Lipinski definition) is 1. The molecule has 1 aromatic heterocycles. The van der Waals surface area contributed by atoms with Crippen LogP contribution in [0.15, 0.2) is 0 Å². The maximum atomic E-state index is 7.17. The van der Waals surface area contributed by atoms with Crippen LogP contribution in [0.2, 0.25) is 0 Å². The molecule has 2 rings (SSSR count). The van der Waals surface area contributed by atoms with E-state index < -0.39 is 0 Å². The van der Waals surface area contributed by atoms with Gasteiger partial charge >= 0.3 is 0 Å². The Morgan fingerprint density at radius 3 is 2.71 bits per heavy atom. The minimum absolute atomic E-state index is 0.582. The van der Waals surface area contributed by atoms with E-state index in [9.17, 15) is 0 Å². The van der Waals surface area contributed by atoms with Crippen molar-refractivity contribution in [3.05, 3.63) is 33.9 Å². The van der Waals surface area contributed by atoms with Crippen molar-refractivity contribution in [3.8, 4) is 0 Å². The summed E-state index contributed by atoms with van der Waals surface area (Å²) in [6, 6.07) is 0. The zero-order valence-electron chi connectivity index (χ0n) is 8.89. The van der Waals surface area contributed by atoms with Gasteiger partial charge in [0.1, 0.15) is 0 Å². The van der Waals surface area contributed by atoms with Gasteiger partial charge in [-0.05, 0) is 43.7 Å². The fraction of sp³-hybridized carbons (Fsp3) is 0.500. The maximum Gasteiger partial charge on any atom is 0.211 e. The van der Waals surface area contributed by atoms with Gasteiger partial charge in [0.05, 0.1) is 6.57 Å². The standard InChI is InChI=1S/C12H14N2/c1-7-5-6-10-11(7)8(2)14-9(3)12(10)13-4/h7H,5-6H2,1-3H3. The van der Waals surface area contributed by atoms with Crippen LogP contribution in [0, 0.1) is 20.4 Å². The molecule has 1 heterocycles. The highest BCUT2D eigenvalue weighted by molar-refractivity contribution is 5.62. The fourth-order valence-electron chi connectivity index (χ4n) is 2.49. The molecule has 0 N–H and O–H groups in total. The Hall–Kier alpha value is -1.36. The summed E-state index contributed by atoms with van der Waals surface area (Å²) in [5, 5.41) is 0. The van der Waals surface area contributed by atoms with Crippen LogP contribution in [0.4, 0.5) is 5.69 Å². The number of aryl methyl sites for hydroxylation is 2. The van der Waals surface area contributed by atoms with Gasteiger partial charge < -0.3 is 0 Å².